The highest BCUT2D eigenvalue weighted by molar-refractivity contribution is 7.88. The number of hydroxylamine groups is 2. The van der Waals surface area contributed by atoms with E-state index in [0.29, 0.717) is 12.8 Å². The maximum absolute atomic E-state index is 13.5. The molecule has 0 aromatic carbocycles. The first kappa shape index (κ1) is 14.8. The fourth-order valence-electron chi connectivity index (χ4n) is 1.29. The van der Waals surface area contributed by atoms with Gasteiger partial charge in [0.1, 0.15) is 6.10 Å². The summed E-state index contributed by atoms with van der Waals surface area (Å²) in [6, 6.07) is 0. The Morgan fingerprint density at radius 3 is 2.15 bits per heavy atom. The average Bonchev–Trinajstić information content (AvgIpc) is 3.10. The van der Waals surface area contributed by atoms with Gasteiger partial charge in [0.2, 0.25) is 0 Å². The summed E-state index contributed by atoms with van der Waals surface area (Å²) in [4.78, 5) is 33.3. The lowest BCUT2D eigenvalue weighted by atomic mass is 10.4. The number of hydrogen-bond acceptors (Lipinski definition) is 7. The lowest BCUT2D eigenvalue weighted by Crippen LogP contribution is -2.45. The molecule has 1 heterocycles. The molecular weight excluding hydrogens is 304 g/mol. The summed E-state index contributed by atoms with van der Waals surface area (Å²) in [5.74, 6) is -4.45. The van der Waals surface area contributed by atoms with Crippen molar-refractivity contribution in [3.8, 4) is 0 Å². The number of esters is 1. The third kappa shape index (κ3) is 2.63. The Balaban J connectivity index is 2.13. The SMILES string of the molecule is O=C1CCC(=O)N1OS(=O)(=O)C(F)(F)C(=O)OC1CC1. The van der Waals surface area contributed by atoms with Crippen LogP contribution in [0.5, 0.6) is 0 Å². The van der Waals surface area contributed by atoms with Crippen molar-refractivity contribution in [3.63, 3.8) is 0 Å². The number of ether oxygens (including phenoxy) is 1. The Kier molecular flexibility index (Phi) is 3.50. The number of rotatable bonds is 5. The Morgan fingerprint density at radius 1 is 1.20 bits per heavy atom. The summed E-state index contributed by atoms with van der Waals surface area (Å²) in [6.45, 7) is 0. The second-order valence-electron chi connectivity index (χ2n) is 4.23. The van der Waals surface area contributed by atoms with E-state index in [9.17, 15) is 31.6 Å². The lowest BCUT2D eigenvalue weighted by Gasteiger charge is -2.18. The van der Waals surface area contributed by atoms with Crippen molar-refractivity contribution < 1.29 is 40.6 Å². The van der Waals surface area contributed by atoms with E-state index >= 15 is 0 Å². The summed E-state index contributed by atoms with van der Waals surface area (Å²) in [6.07, 6.45) is -0.713. The molecule has 0 aromatic rings. The van der Waals surface area contributed by atoms with Gasteiger partial charge in [-0.05, 0) is 12.8 Å². The first-order valence-electron chi connectivity index (χ1n) is 5.54. The highest BCUT2D eigenvalue weighted by Crippen LogP contribution is 2.32. The normalized spacial score (nSPS) is 20.4. The minimum absolute atomic E-state index is 0.284. The van der Waals surface area contributed by atoms with E-state index < -0.39 is 39.3 Å². The van der Waals surface area contributed by atoms with Crippen LogP contribution in [0.15, 0.2) is 0 Å². The van der Waals surface area contributed by atoms with E-state index in [0.717, 1.165) is 0 Å². The van der Waals surface area contributed by atoms with Crippen LogP contribution >= 0.6 is 0 Å². The molecule has 0 aromatic heterocycles. The Morgan fingerprint density at radius 2 is 1.70 bits per heavy atom. The molecule has 2 aliphatic rings. The summed E-state index contributed by atoms with van der Waals surface area (Å²) in [5.41, 5.74) is 0. The summed E-state index contributed by atoms with van der Waals surface area (Å²) in [5, 5.41) is -5.29. The Hall–Kier alpha value is -1.62. The van der Waals surface area contributed by atoms with Crippen LogP contribution in [-0.4, -0.2) is 42.6 Å². The van der Waals surface area contributed by atoms with Crippen molar-refractivity contribution in [2.75, 3.05) is 0 Å². The molecule has 1 aliphatic heterocycles. The monoisotopic (exact) mass is 313 g/mol. The Labute approximate surface area is 111 Å². The van der Waals surface area contributed by atoms with Gasteiger partial charge in [-0.1, -0.05) is 0 Å². The minimum atomic E-state index is -5.85. The standard InChI is InChI=1S/C9H9F2NO7S/c10-9(11,8(15)18-5-1-2-5)20(16,17)19-12-6(13)3-4-7(12)14/h5H,1-4H2. The minimum Gasteiger partial charge on any atom is -0.457 e. The molecule has 0 spiro atoms. The second-order valence-corrected chi connectivity index (χ2v) is 5.80. The van der Waals surface area contributed by atoms with Gasteiger partial charge in [-0.3, -0.25) is 9.59 Å². The molecule has 1 aliphatic carbocycles. The lowest BCUT2D eigenvalue weighted by molar-refractivity contribution is -0.171. The smallest absolute Gasteiger partial charge is 0.457 e. The molecule has 0 atom stereocenters. The van der Waals surface area contributed by atoms with E-state index in [1.165, 1.54) is 0 Å². The number of carbonyl (C=O) groups excluding carboxylic acids is 3. The van der Waals surface area contributed by atoms with E-state index in [1.807, 2.05) is 0 Å². The maximum atomic E-state index is 13.5. The summed E-state index contributed by atoms with van der Waals surface area (Å²) < 4.78 is 57.5. The second kappa shape index (κ2) is 4.74. The third-order valence-electron chi connectivity index (χ3n) is 2.53. The zero-order chi connectivity index (χ0) is 15.1. The van der Waals surface area contributed by atoms with Gasteiger partial charge in [0.15, 0.2) is 0 Å². The predicted molar refractivity (Wildman–Crippen MR) is 55.2 cm³/mol. The molecule has 8 nitrogen and oxygen atoms in total. The zero-order valence-electron chi connectivity index (χ0n) is 9.87. The molecular formula is C9H9F2NO7S. The van der Waals surface area contributed by atoms with Crippen molar-refractivity contribution in [1.82, 2.24) is 5.06 Å². The van der Waals surface area contributed by atoms with Crippen LogP contribution in [-0.2, 0) is 33.5 Å². The van der Waals surface area contributed by atoms with Crippen LogP contribution in [0.4, 0.5) is 8.78 Å². The number of halogens is 2. The molecule has 2 rings (SSSR count). The first-order valence-corrected chi connectivity index (χ1v) is 6.95. The van der Waals surface area contributed by atoms with E-state index in [2.05, 4.69) is 9.02 Å². The zero-order valence-corrected chi connectivity index (χ0v) is 10.7. The number of amides is 2. The van der Waals surface area contributed by atoms with Crippen LogP contribution in [0.3, 0.4) is 0 Å². The van der Waals surface area contributed by atoms with Gasteiger partial charge in [-0.2, -0.15) is 17.2 Å². The number of imide groups is 1. The average molecular weight is 313 g/mol. The molecule has 0 unspecified atom stereocenters. The number of alkyl halides is 2. The van der Waals surface area contributed by atoms with Crippen LogP contribution in [0.2, 0.25) is 0 Å². The van der Waals surface area contributed by atoms with E-state index in [4.69, 9.17) is 0 Å². The largest absolute Gasteiger partial charge is 0.467 e. The van der Waals surface area contributed by atoms with Crippen LogP contribution in [0.25, 0.3) is 0 Å². The van der Waals surface area contributed by atoms with Crippen molar-refractivity contribution in [1.29, 1.82) is 0 Å². The van der Waals surface area contributed by atoms with Crippen LogP contribution in [0.1, 0.15) is 25.7 Å². The molecule has 112 valence electrons. The van der Waals surface area contributed by atoms with Gasteiger partial charge in [-0.25, -0.2) is 4.79 Å². The van der Waals surface area contributed by atoms with Gasteiger partial charge in [0.05, 0.1) is 0 Å². The number of nitrogens with zero attached hydrogens (tertiary/aromatic N) is 1. The van der Waals surface area contributed by atoms with Gasteiger partial charge < -0.3 is 4.74 Å². The number of hydrogen-bond donors (Lipinski definition) is 0. The van der Waals surface area contributed by atoms with Gasteiger partial charge >= 0.3 is 21.3 Å². The molecule has 2 fully saturated rings. The summed E-state index contributed by atoms with van der Waals surface area (Å²) in [7, 11) is -5.85. The van der Waals surface area contributed by atoms with Crippen molar-refractivity contribution in [3.05, 3.63) is 0 Å². The quantitative estimate of drug-likeness (QED) is 0.506. The van der Waals surface area contributed by atoms with Crippen molar-refractivity contribution >= 4 is 27.9 Å². The third-order valence-corrected chi connectivity index (χ3v) is 3.67. The highest BCUT2D eigenvalue weighted by Gasteiger charge is 2.59. The van der Waals surface area contributed by atoms with Crippen LogP contribution in [0, 0.1) is 0 Å². The predicted octanol–water partition coefficient (Wildman–Crippen LogP) is -0.305. The Bertz CT molecular complexity index is 553. The number of carbonyl (C=O) groups is 3. The van der Waals surface area contributed by atoms with Gasteiger partial charge in [0.25, 0.3) is 11.8 Å². The molecule has 1 saturated carbocycles. The molecule has 0 N–H and O–H groups in total. The molecule has 0 bridgehead atoms. The fourth-order valence-corrected chi connectivity index (χ4v) is 2.00. The maximum Gasteiger partial charge on any atom is 0.467 e. The van der Waals surface area contributed by atoms with Crippen molar-refractivity contribution in [2.45, 2.75) is 37.0 Å². The van der Waals surface area contributed by atoms with E-state index in [1.54, 1.807) is 0 Å². The molecule has 1 saturated heterocycles. The fraction of sp³-hybridized carbons (Fsp3) is 0.667. The van der Waals surface area contributed by atoms with Crippen molar-refractivity contribution in [2.24, 2.45) is 0 Å². The molecule has 0 radical (unpaired) electrons. The van der Waals surface area contributed by atoms with E-state index in [-0.39, 0.29) is 17.9 Å². The first-order chi connectivity index (χ1) is 9.15. The topological polar surface area (TPSA) is 107 Å². The summed E-state index contributed by atoms with van der Waals surface area (Å²) >= 11 is 0. The molecule has 2 amide bonds. The molecule has 20 heavy (non-hydrogen) atoms. The van der Waals surface area contributed by atoms with Gasteiger partial charge in [-0.15, -0.1) is 9.35 Å². The highest BCUT2D eigenvalue weighted by atomic mass is 32.2. The van der Waals surface area contributed by atoms with Crippen LogP contribution < -0.4 is 0 Å². The molecule has 11 heteroatoms. The van der Waals surface area contributed by atoms with Gasteiger partial charge in [0, 0.05) is 12.8 Å².